The summed E-state index contributed by atoms with van der Waals surface area (Å²) in [5.74, 6) is -0.417. The molecular weight excluding hydrogens is 226 g/mol. The van der Waals surface area contributed by atoms with E-state index in [-0.39, 0.29) is 0 Å². The van der Waals surface area contributed by atoms with Crippen molar-refractivity contribution in [2.24, 2.45) is 0 Å². The average Bonchev–Trinajstić information content (AvgIpc) is 1.96. The number of hydrogen-bond donors (Lipinski definition) is 1. The molecule has 0 unspecified atom stereocenters. The van der Waals surface area contributed by atoms with Gasteiger partial charge < -0.3 is 10.5 Å². The lowest BCUT2D eigenvalue weighted by molar-refractivity contribution is 0.00701. The van der Waals surface area contributed by atoms with Crippen molar-refractivity contribution in [3.8, 4) is 0 Å². The highest BCUT2D eigenvalue weighted by Gasteiger charge is 2.21. The number of rotatable bonds is 1. The van der Waals surface area contributed by atoms with Gasteiger partial charge >= 0.3 is 5.97 Å². The number of ether oxygens (including phenoxy) is 1. The van der Waals surface area contributed by atoms with Gasteiger partial charge in [-0.1, -0.05) is 11.6 Å². The average molecular weight is 242 g/mol. The number of carbonyl (C=O) groups excluding carboxylic acids is 1. The van der Waals surface area contributed by atoms with Crippen molar-refractivity contribution < 1.29 is 9.53 Å². The molecule has 88 valence electrons. The Labute approximate surface area is 101 Å². The Bertz CT molecular complexity index is 399. The minimum absolute atomic E-state index is 0.347. The maximum absolute atomic E-state index is 11.9. The minimum Gasteiger partial charge on any atom is -0.456 e. The molecule has 0 saturated heterocycles. The number of carbonyl (C=O) groups is 1. The van der Waals surface area contributed by atoms with Crippen LogP contribution in [0.4, 0.5) is 5.69 Å². The van der Waals surface area contributed by atoms with E-state index in [0.29, 0.717) is 16.3 Å². The number of anilines is 1. The molecular formula is C12H16ClNO2. The van der Waals surface area contributed by atoms with Gasteiger partial charge in [-0.25, -0.2) is 4.79 Å². The van der Waals surface area contributed by atoms with Gasteiger partial charge in [0, 0.05) is 10.7 Å². The SMILES string of the molecule is Cc1cc(Cl)cc(N)c1C(=O)OC(C)(C)C. The van der Waals surface area contributed by atoms with Gasteiger partial charge in [-0.2, -0.15) is 0 Å². The van der Waals surface area contributed by atoms with Crippen LogP contribution in [0.25, 0.3) is 0 Å². The van der Waals surface area contributed by atoms with Gasteiger partial charge in [-0.05, 0) is 45.4 Å². The van der Waals surface area contributed by atoms with Crippen molar-refractivity contribution in [2.75, 3.05) is 5.73 Å². The molecule has 1 aromatic rings. The highest BCUT2D eigenvalue weighted by Crippen LogP contribution is 2.24. The zero-order valence-corrected chi connectivity index (χ0v) is 10.7. The van der Waals surface area contributed by atoms with Crippen LogP contribution < -0.4 is 5.73 Å². The molecule has 0 aliphatic carbocycles. The summed E-state index contributed by atoms with van der Waals surface area (Å²) < 4.78 is 5.26. The number of nitrogen functional groups attached to an aromatic ring is 1. The molecule has 0 aliphatic heterocycles. The van der Waals surface area contributed by atoms with Gasteiger partial charge in [-0.15, -0.1) is 0 Å². The van der Waals surface area contributed by atoms with E-state index < -0.39 is 11.6 Å². The Hall–Kier alpha value is -1.22. The fourth-order valence-corrected chi connectivity index (χ4v) is 1.66. The zero-order valence-electron chi connectivity index (χ0n) is 9.93. The topological polar surface area (TPSA) is 52.3 Å². The molecule has 0 amide bonds. The molecule has 4 heteroatoms. The van der Waals surface area contributed by atoms with Gasteiger partial charge in [0.2, 0.25) is 0 Å². The van der Waals surface area contributed by atoms with Crippen molar-refractivity contribution in [3.05, 3.63) is 28.3 Å². The standard InChI is InChI=1S/C12H16ClNO2/c1-7-5-8(13)6-9(14)10(7)11(15)16-12(2,3)4/h5-6H,14H2,1-4H3. The molecule has 0 fully saturated rings. The maximum Gasteiger partial charge on any atom is 0.341 e. The first-order valence-electron chi connectivity index (χ1n) is 4.99. The van der Waals surface area contributed by atoms with Crippen molar-refractivity contribution >= 4 is 23.3 Å². The van der Waals surface area contributed by atoms with E-state index in [0.717, 1.165) is 5.56 Å². The molecule has 0 radical (unpaired) electrons. The van der Waals surface area contributed by atoms with E-state index in [2.05, 4.69) is 0 Å². The van der Waals surface area contributed by atoms with Crippen molar-refractivity contribution in [2.45, 2.75) is 33.3 Å². The normalized spacial score (nSPS) is 11.3. The molecule has 0 bridgehead atoms. The molecule has 16 heavy (non-hydrogen) atoms. The van der Waals surface area contributed by atoms with Gasteiger partial charge in [0.15, 0.2) is 0 Å². The van der Waals surface area contributed by atoms with Gasteiger partial charge in [-0.3, -0.25) is 0 Å². The van der Waals surface area contributed by atoms with Gasteiger partial charge in [0.1, 0.15) is 5.60 Å². The van der Waals surface area contributed by atoms with Gasteiger partial charge in [0.25, 0.3) is 0 Å². The summed E-state index contributed by atoms with van der Waals surface area (Å²) in [7, 11) is 0. The van der Waals surface area contributed by atoms with Crippen LogP contribution >= 0.6 is 11.6 Å². The summed E-state index contributed by atoms with van der Waals surface area (Å²) >= 11 is 5.83. The van der Waals surface area contributed by atoms with E-state index in [9.17, 15) is 4.79 Å². The fraction of sp³-hybridized carbons (Fsp3) is 0.417. The molecule has 0 aliphatic rings. The Morgan fingerprint density at radius 2 is 1.94 bits per heavy atom. The van der Waals surface area contributed by atoms with E-state index >= 15 is 0 Å². The van der Waals surface area contributed by atoms with Crippen molar-refractivity contribution in [1.29, 1.82) is 0 Å². The third kappa shape index (κ3) is 3.14. The molecule has 0 saturated carbocycles. The van der Waals surface area contributed by atoms with Crippen molar-refractivity contribution in [1.82, 2.24) is 0 Å². The van der Waals surface area contributed by atoms with Crippen LogP contribution in [0.1, 0.15) is 36.7 Å². The predicted octanol–water partition coefficient (Wildman–Crippen LogP) is 3.19. The zero-order chi connectivity index (χ0) is 12.5. The quantitative estimate of drug-likeness (QED) is 0.607. The minimum atomic E-state index is -0.532. The molecule has 1 rings (SSSR count). The fourth-order valence-electron chi connectivity index (χ4n) is 1.38. The summed E-state index contributed by atoms with van der Waals surface area (Å²) in [4.78, 5) is 11.9. The Morgan fingerprint density at radius 1 is 1.38 bits per heavy atom. The third-order valence-corrected chi connectivity index (χ3v) is 2.15. The molecule has 0 heterocycles. The Balaban J connectivity index is 3.10. The number of esters is 1. The first kappa shape index (κ1) is 12.8. The first-order chi connectivity index (χ1) is 7.20. The number of benzene rings is 1. The summed E-state index contributed by atoms with van der Waals surface area (Å²) in [6.45, 7) is 7.21. The number of nitrogens with two attached hydrogens (primary N) is 1. The Kier molecular flexibility index (Phi) is 3.48. The molecule has 0 atom stereocenters. The third-order valence-electron chi connectivity index (χ3n) is 1.93. The summed E-state index contributed by atoms with van der Waals surface area (Å²) in [6.07, 6.45) is 0. The lowest BCUT2D eigenvalue weighted by atomic mass is 10.1. The van der Waals surface area contributed by atoms with E-state index in [4.69, 9.17) is 22.1 Å². The predicted molar refractivity (Wildman–Crippen MR) is 65.8 cm³/mol. The highest BCUT2D eigenvalue weighted by atomic mass is 35.5. The monoisotopic (exact) mass is 241 g/mol. The number of halogens is 1. The molecule has 3 nitrogen and oxygen atoms in total. The second-order valence-corrected chi connectivity index (χ2v) is 5.13. The smallest absolute Gasteiger partial charge is 0.341 e. The van der Waals surface area contributed by atoms with Crippen LogP contribution in [0.15, 0.2) is 12.1 Å². The molecule has 0 aromatic heterocycles. The molecule has 0 spiro atoms. The van der Waals surface area contributed by atoms with E-state index in [1.807, 2.05) is 20.8 Å². The largest absolute Gasteiger partial charge is 0.456 e. The van der Waals surface area contributed by atoms with Crippen LogP contribution in [-0.4, -0.2) is 11.6 Å². The van der Waals surface area contributed by atoms with Crippen LogP contribution in [0, 0.1) is 6.92 Å². The Morgan fingerprint density at radius 3 is 2.38 bits per heavy atom. The number of aryl methyl sites for hydroxylation is 1. The summed E-state index contributed by atoms with van der Waals surface area (Å²) in [5.41, 5.74) is 6.68. The van der Waals surface area contributed by atoms with E-state index in [1.165, 1.54) is 0 Å². The second-order valence-electron chi connectivity index (χ2n) is 4.69. The van der Waals surface area contributed by atoms with Gasteiger partial charge in [0.05, 0.1) is 5.56 Å². The maximum atomic E-state index is 11.9. The summed E-state index contributed by atoms with van der Waals surface area (Å²) in [5, 5.41) is 0.516. The van der Waals surface area contributed by atoms with Crippen LogP contribution in [-0.2, 0) is 4.74 Å². The van der Waals surface area contributed by atoms with Crippen LogP contribution in [0.5, 0.6) is 0 Å². The number of hydrogen-bond acceptors (Lipinski definition) is 3. The summed E-state index contributed by atoms with van der Waals surface area (Å²) in [6, 6.07) is 3.24. The second kappa shape index (κ2) is 4.34. The highest BCUT2D eigenvalue weighted by molar-refractivity contribution is 6.31. The molecule has 1 aromatic carbocycles. The lowest BCUT2D eigenvalue weighted by Crippen LogP contribution is -2.25. The van der Waals surface area contributed by atoms with Crippen LogP contribution in [0.3, 0.4) is 0 Å². The van der Waals surface area contributed by atoms with Crippen molar-refractivity contribution in [3.63, 3.8) is 0 Å². The first-order valence-corrected chi connectivity index (χ1v) is 5.37. The molecule has 2 N–H and O–H groups in total. The van der Waals surface area contributed by atoms with Crippen LogP contribution in [0.2, 0.25) is 5.02 Å². The lowest BCUT2D eigenvalue weighted by Gasteiger charge is -2.20. The van der Waals surface area contributed by atoms with E-state index in [1.54, 1.807) is 19.1 Å².